The van der Waals surface area contributed by atoms with Gasteiger partial charge in [-0.2, -0.15) is 10.2 Å². The second-order valence-electron chi connectivity index (χ2n) is 5.72. The van der Waals surface area contributed by atoms with Crippen molar-refractivity contribution >= 4 is 23.3 Å². The van der Waals surface area contributed by atoms with Gasteiger partial charge in [0.2, 0.25) is 5.91 Å². The summed E-state index contributed by atoms with van der Waals surface area (Å²) in [5.74, 6) is -0.122. The summed E-state index contributed by atoms with van der Waals surface area (Å²) >= 11 is 5.97. The molecule has 0 spiro atoms. The molecule has 1 unspecified atom stereocenters. The number of halogens is 2. The Morgan fingerprint density at radius 2 is 2.20 bits per heavy atom. The van der Waals surface area contributed by atoms with Crippen molar-refractivity contribution in [3.8, 4) is 0 Å². The maximum atomic E-state index is 13.2. The minimum Gasteiger partial charge on any atom is -0.307 e. The second-order valence-corrected chi connectivity index (χ2v) is 6.12. The van der Waals surface area contributed by atoms with E-state index in [1.54, 1.807) is 41.5 Å². The first-order chi connectivity index (χ1) is 11.9. The molecule has 8 heteroatoms. The lowest BCUT2D eigenvalue weighted by atomic mass is 10.2. The van der Waals surface area contributed by atoms with Crippen molar-refractivity contribution in [2.24, 2.45) is 0 Å². The Labute approximate surface area is 149 Å². The molecule has 1 N–H and O–H groups in total. The van der Waals surface area contributed by atoms with Crippen molar-refractivity contribution in [2.45, 2.75) is 26.4 Å². The number of hydrogen-bond acceptors (Lipinski definition) is 3. The van der Waals surface area contributed by atoms with Crippen molar-refractivity contribution in [1.82, 2.24) is 19.6 Å². The van der Waals surface area contributed by atoms with E-state index in [1.165, 1.54) is 18.3 Å². The van der Waals surface area contributed by atoms with Crippen LogP contribution >= 0.6 is 11.6 Å². The fraction of sp³-hybridized carbons (Fsp3) is 0.235. The molecule has 3 aromatic rings. The van der Waals surface area contributed by atoms with Gasteiger partial charge in [-0.1, -0.05) is 23.7 Å². The summed E-state index contributed by atoms with van der Waals surface area (Å²) in [5, 5.41) is 11.7. The van der Waals surface area contributed by atoms with E-state index in [0.29, 0.717) is 17.4 Å². The Morgan fingerprint density at radius 1 is 1.40 bits per heavy atom. The number of benzene rings is 1. The van der Waals surface area contributed by atoms with Gasteiger partial charge in [0.25, 0.3) is 0 Å². The van der Waals surface area contributed by atoms with Gasteiger partial charge in [-0.15, -0.1) is 0 Å². The molecule has 0 radical (unpaired) electrons. The predicted octanol–water partition coefficient (Wildman–Crippen LogP) is 3.43. The molecule has 0 saturated heterocycles. The summed E-state index contributed by atoms with van der Waals surface area (Å²) < 4.78 is 16.4. The van der Waals surface area contributed by atoms with Gasteiger partial charge in [0.1, 0.15) is 11.9 Å². The number of carbonyl (C=O) groups is 1. The topological polar surface area (TPSA) is 64.7 Å². The zero-order valence-electron chi connectivity index (χ0n) is 13.8. The zero-order valence-corrected chi connectivity index (χ0v) is 14.5. The highest BCUT2D eigenvalue weighted by atomic mass is 35.5. The molecule has 3 rings (SSSR count). The van der Waals surface area contributed by atoms with Crippen LogP contribution in [0, 0.1) is 12.7 Å². The highest BCUT2D eigenvalue weighted by Crippen LogP contribution is 2.18. The summed E-state index contributed by atoms with van der Waals surface area (Å²) in [7, 11) is 0. The van der Waals surface area contributed by atoms with E-state index in [4.69, 9.17) is 11.6 Å². The van der Waals surface area contributed by atoms with Crippen LogP contribution in [0.25, 0.3) is 0 Å². The number of nitrogens with one attached hydrogen (secondary N) is 1. The van der Waals surface area contributed by atoms with Gasteiger partial charge < -0.3 is 5.32 Å². The highest BCUT2D eigenvalue weighted by Gasteiger charge is 2.19. The van der Waals surface area contributed by atoms with Crippen molar-refractivity contribution in [3.63, 3.8) is 0 Å². The predicted molar refractivity (Wildman–Crippen MR) is 93.0 cm³/mol. The standard InChI is InChI=1S/C17H17ClFN5O/c1-11-15(18)9-20-24(11)12(2)17(25)21-16-6-7-23(22-16)10-13-4-3-5-14(19)8-13/h3-9,12H,10H2,1-2H3,(H,21,22,25). The van der Waals surface area contributed by atoms with E-state index < -0.39 is 6.04 Å². The molecular weight excluding hydrogens is 345 g/mol. The van der Waals surface area contributed by atoms with E-state index >= 15 is 0 Å². The summed E-state index contributed by atoms with van der Waals surface area (Å²) in [5.41, 5.74) is 1.51. The molecule has 130 valence electrons. The van der Waals surface area contributed by atoms with E-state index in [9.17, 15) is 9.18 Å². The summed E-state index contributed by atoms with van der Waals surface area (Å²) in [4.78, 5) is 12.4. The van der Waals surface area contributed by atoms with Crippen LogP contribution in [0.3, 0.4) is 0 Å². The molecule has 25 heavy (non-hydrogen) atoms. The quantitative estimate of drug-likeness (QED) is 0.757. The molecular formula is C17H17ClFN5O. The van der Waals surface area contributed by atoms with Gasteiger partial charge in [0.05, 0.1) is 23.5 Å². The molecule has 6 nitrogen and oxygen atoms in total. The minimum absolute atomic E-state index is 0.251. The Morgan fingerprint density at radius 3 is 2.88 bits per heavy atom. The number of aromatic nitrogens is 4. The molecule has 2 heterocycles. The lowest BCUT2D eigenvalue weighted by molar-refractivity contribution is -0.119. The molecule has 0 aliphatic carbocycles. The molecule has 1 atom stereocenters. The number of carbonyl (C=O) groups excluding carboxylic acids is 1. The van der Waals surface area contributed by atoms with Crippen molar-refractivity contribution in [2.75, 3.05) is 5.32 Å². The van der Waals surface area contributed by atoms with Crippen molar-refractivity contribution in [1.29, 1.82) is 0 Å². The lowest BCUT2D eigenvalue weighted by Gasteiger charge is -2.13. The third kappa shape index (κ3) is 3.88. The van der Waals surface area contributed by atoms with Gasteiger partial charge in [0, 0.05) is 12.3 Å². The van der Waals surface area contributed by atoms with Crippen LogP contribution in [-0.2, 0) is 11.3 Å². The molecule has 0 aliphatic rings. The van der Waals surface area contributed by atoms with Gasteiger partial charge >= 0.3 is 0 Å². The van der Waals surface area contributed by atoms with Gasteiger partial charge in [0.15, 0.2) is 5.82 Å². The van der Waals surface area contributed by atoms with Crippen LogP contribution in [0.1, 0.15) is 24.2 Å². The van der Waals surface area contributed by atoms with Gasteiger partial charge in [-0.3, -0.25) is 14.2 Å². The van der Waals surface area contributed by atoms with Crippen LogP contribution in [0.5, 0.6) is 0 Å². The van der Waals surface area contributed by atoms with E-state index in [1.807, 2.05) is 6.07 Å². The van der Waals surface area contributed by atoms with Crippen LogP contribution in [0.2, 0.25) is 5.02 Å². The van der Waals surface area contributed by atoms with Gasteiger partial charge in [-0.05, 0) is 31.5 Å². The molecule has 2 aromatic heterocycles. The molecule has 1 amide bonds. The summed E-state index contributed by atoms with van der Waals surface area (Å²) in [6.45, 7) is 3.94. The number of hydrogen-bond donors (Lipinski definition) is 1. The summed E-state index contributed by atoms with van der Waals surface area (Å²) in [6, 6.07) is 7.47. The van der Waals surface area contributed by atoms with Crippen LogP contribution in [0.4, 0.5) is 10.2 Å². The fourth-order valence-corrected chi connectivity index (χ4v) is 2.60. The van der Waals surface area contributed by atoms with Gasteiger partial charge in [-0.25, -0.2) is 4.39 Å². The Balaban J connectivity index is 1.66. The monoisotopic (exact) mass is 361 g/mol. The van der Waals surface area contributed by atoms with Crippen LogP contribution in [0.15, 0.2) is 42.7 Å². The van der Waals surface area contributed by atoms with Crippen LogP contribution in [-0.4, -0.2) is 25.5 Å². The number of nitrogens with zero attached hydrogens (tertiary/aromatic N) is 4. The number of amides is 1. The fourth-order valence-electron chi connectivity index (χ4n) is 2.47. The Kier molecular flexibility index (Phi) is 4.85. The number of rotatable bonds is 5. The maximum absolute atomic E-state index is 13.2. The Bertz CT molecular complexity index is 904. The largest absolute Gasteiger partial charge is 0.307 e. The molecule has 0 saturated carbocycles. The minimum atomic E-state index is -0.527. The Hall–Kier alpha value is -2.67. The zero-order chi connectivity index (χ0) is 18.0. The highest BCUT2D eigenvalue weighted by molar-refractivity contribution is 6.31. The van der Waals surface area contributed by atoms with E-state index in [-0.39, 0.29) is 11.7 Å². The molecule has 0 aliphatic heterocycles. The first kappa shape index (κ1) is 17.2. The van der Waals surface area contributed by atoms with E-state index in [0.717, 1.165) is 11.3 Å². The lowest BCUT2D eigenvalue weighted by Crippen LogP contribution is -2.25. The third-order valence-corrected chi connectivity index (χ3v) is 4.23. The summed E-state index contributed by atoms with van der Waals surface area (Å²) in [6.07, 6.45) is 3.23. The maximum Gasteiger partial charge on any atom is 0.250 e. The van der Waals surface area contributed by atoms with E-state index in [2.05, 4.69) is 15.5 Å². The van der Waals surface area contributed by atoms with Crippen molar-refractivity contribution in [3.05, 3.63) is 64.8 Å². The average molecular weight is 362 g/mol. The third-order valence-electron chi connectivity index (χ3n) is 3.86. The smallest absolute Gasteiger partial charge is 0.250 e. The average Bonchev–Trinajstić information content (AvgIpc) is 3.14. The number of anilines is 1. The SMILES string of the molecule is Cc1c(Cl)cnn1C(C)C(=O)Nc1ccn(Cc2cccc(F)c2)n1. The molecule has 0 fully saturated rings. The molecule has 0 bridgehead atoms. The van der Waals surface area contributed by atoms with Crippen LogP contribution < -0.4 is 5.32 Å². The first-order valence-electron chi connectivity index (χ1n) is 7.72. The van der Waals surface area contributed by atoms with Crippen molar-refractivity contribution < 1.29 is 9.18 Å². The normalized spacial score (nSPS) is 12.2. The first-order valence-corrected chi connectivity index (χ1v) is 8.10. The molecule has 1 aromatic carbocycles. The second kappa shape index (κ2) is 7.06.